The summed E-state index contributed by atoms with van der Waals surface area (Å²) < 4.78 is 36.3. The molecule has 3 aliphatic heterocycles. The molecule has 5 heterocycles. The molecule has 7 atom stereocenters. The number of anilines is 1. The monoisotopic (exact) mass is 632 g/mol. The van der Waals surface area contributed by atoms with E-state index in [9.17, 15) is 4.79 Å². The smallest absolute Gasteiger partial charge is 0.260 e. The van der Waals surface area contributed by atoms with Crippen LogP contribution in [0, 0.1) is 0 Å². The third kappa shape index (κ3) is 5.99. The summed E-state index contributed by atoms with van der Waals surface area (Å²) in [6, 6.07) is 19.6. The van der Waals surface area contributed by atoms with Crippen molar-refractivity contribution in [1.82, 2.24) is 24.2 Å². The summed E-state index contributed by atoms with van der Waals surface area (Å²) in [5.74, 6) is 0.0348. The molecule has 3 fully saturated rings. The molecular weight excluding hydrogens is 595 g/mol. The second kappa shape index (κ2) is 13.6. The SMILES string of the molecule is CC[C@H]1O[C@@H](n2cnc3c(NC(=O)c4ccccc4)ncnc32)[C@@H](OCCOC)C1OP1O[C@@H](c2ccccc2)[C@H]2CCCN21. The number of benzene rings is 2. The molecule has 0 aliphatic carbocycles. The topological polar surface area (TPSA) is 122 Å². The molecule has 3 saturated heterocycles. The molecule has 0 bridgehead atoms. The average Bonchev–Trinajstić information content (AvgIpc) is 3.86. The van der Waals surface area contributed by atoms with E-state index in [-0.39, 0.29) is 24.2 Å². The maximum Gasteiger partial charge on any atom is 0.260 e. The van der Waals surface area contributed by atoms with Crippen LogP contribution >= 0.6 is 8.53 Å². The molecule has 12 nitrogen and oxygen atoms in total. The van der Waals surface area contributed by atoms with Crippen LogP contribution in [0.3, 0.4) is 0 Å². The van der Waals surface area contributed by atoms with Crippen LogP contribution in [-0.4, -0.2) is 81.3 Å². The molecule has 45 heavy (non-hydrogen) atoms. The summed E-state index contributed by atoms with van der Waals surface area (Å²) in [4.78, 5) is 26.4. The predicted octanol–water partition coefficient (Wildman–Crippen LogP) is 5.27. The van der Waals surface area contributed by atoms with Crippen molar-refractivity contribution in [3.8, 4) is 0 Å². The molecule has 3 aliphatic rings. The van der Waals surface area contributed by atoms with E-state index < -0.39 is 27.0 Å². The quantitative estimate of drug-likeness (QED) is 0.173. The fourth-order valence-electron chi connectivity index (χ4n) is 6.36. The summed E-state index contributed by atoms with van der Waals surface area (Å²) in [6.07, 6.45) is 4.16. The minimum Gasteiger partial charge on any atom is -0.382 e. The summed E-state index contributed by atoms with van der Waals surface area (Å²) in [5.41, 5.74) is 2.66. The van der Waals surface area contributed by atoms with Crippen molar-refractivity contribution in [2.24, 2.45) is 0 Å². The number of nitrogens with one attached hydrogen (secondary N) is 1. The zero-order chi connectivity index (χ0) is 30.8. The number of aromatic nitrogens is 4. The highest BCUT2D eigenvalue weighted by Gasteiger charge is 2.53. The number of fused-ring (bicyclic) bond motifs is 2. The zero-order valence-electron chi connectivity index (χ0n) is 25.3. The molecule has 2 aromatic carbocycles. The highest BCUT2D eigenvalue weighted by Crippen LogP contribution is 2.62. The molecule has 1 amide bonds. The number of hydrogen-bond acceptors (Lipinski definition) is 10. The fourth-order valence-corrected chi connectivity index (χ4v) is 8.36. The highest BCUT2D eigenvalue weighted by atomic mass is 31.2. The number of carbonyl (C=O) groups is 1. The zero-order valence-corrected chi connectivity index (χ0v) is 26.2. The van der Waals surface area contributed by atoms with E-state index in [2.05, 4.69) is 56.1 Å². The Morgan fingerprint density at radius 1 is 1.04 bits per heavy atom. The Bertz CT molecular complexity index is 1600. The van der Waals surface area contributed by atoms with Gasteiger partial charge in [0.25, 0.3) is 14.4 Å². The Morgan fingerprint density at radius 3 is 2.62 bits per heavy atom. The Morgan fingerprint density at radius 2 is 1.84 bits per heavy atom. The number of ether oxygens (including phenoxy) is 3. The maximum absolute atomic E-state index is 12.9. The van der Waals surface area contributed by atoms with Gasteiger partial charge in [0.05, 0.1) is 25.6 Å². The standard InChI is InChI=1S/C32H37N6O6P/c1-3-24-27(44-45-38-16-10-15-23(38)26(43-45)21-11-6-4-7-12-21)28(41-18-17-40-2)32(42-24)37-20-35-25-29(33-19-34-30(25)37)36-31(39)22-13-8-5-9-14-22/h4-9,11-14,19-20,23-24,26-28,32H,3,10,15-18H2,1-2H3,(H,33,34,36,39)/t23-,24-,26+,27?,28+,32-,45?/m1/s1. The first-order chi connectivity index (χ1) is 22.2. The van der Waals surface area contributed by atoms with Gasteiger partial charge >= 0.3 is 0 Å². The minimum absolute atomic E-state index is 0.0373. The maximum atomic E-state index is 12.9. The normalized spacial score (nSPS) is 28.1. The van der Waals surface area contributed by atoms with Crippen LogP contribution in [0.25, 0.3) is 11.2 Å². The molecule has 236 valence electrons. The van der Waals surface area contributed by atoms with Gasteiger partial charge in [-0.05, 0) is 37.0 Å². The fraction of sp³-hybridized carbons (Fsp3) is 0.438. The Hall–Kier alpha value is -3.35. The van der Waals surface area contributed by atoms with E-state index in [0.717, 1.165) is 19.4 Å². The Kier molecular flexibility index (Phi) is 9.13. The number of methoxy groups -OCH3 is 1. The second-order valence-corrected chi connectivity index (χ2v) is 12.7. The Balaban J connectivity index is 1.16. The number of hydrogen-bond donors (Lipinski definition) is 1. The molecule has 13 heteroatoms. The van der Waals surface area contributed by atoms with Crippen molar-refractivity contribution in [2.45, 2.75) is 62.9 Å². The van der Waals surface area contributed by atoms with Gasteiger partial charge in [-0.25, -0.2) is 19.6 Å². The van der Waals surface area contributed by atoms with Crippen molar-refractivity contribution in [2.75, 3.05) is 32.2 Å². The van der Waals surface area contributed by atoms with Crippen LogP contribution < -0.4 is 5.32 Å². The molecular formula is C32H37N6O6P. The van der Waals surface area contributed by atoms with Crippen LogP contribution in [0.15, 0.2) is 73.3 Å². The Labute approximate surface area is 263 Å². The van der Waals surface area contributed by atoms with Gasteiger partial charge in [-0.3, -0.25) is 9.36 Å². The average molecular weight is 633 g/mol. The van der Waals surface area contributed by atoms with E-state index in [1.807, 2.05) is 28.8 Å². The lowest BCUT2D eigenvalue weighted by atomic mass is 10.0. The summed E-state index contributed by atoms with van der Waals surface area (Å²) in [6.45, 7) is 3.79. The van der Waals surface area contributed by atoms with Crippen molar-refractivity contribution in [3.05, 3.63) is 84.4 Å². The van der Waals surface area contributed by atoms with E-state index in [1.54, 1.807) is 25.6 Å². The highest BCUT2D eigenvalue weighted by molar-refractivity contribution is 7.45. The molecule has 2 unspecified atom stereocenters. The number of imidazole rings is 1. The molecule has 7 rings (SSSR count). The number of carbonyl (C=O) groups excluding carboxylic acids is 1. The van der Waals surface area contributed by atoms with Gasteiger partial charge in [0.1, 0.15) is 24.6 Å². The van der Waals surface area contributed by atoms with E-state index in [4.69, 9.17) is 23.3 Å². The van der Waals surface area contributed by atoms with Gasteiger partial charge in [0, 0.05) is 25.3 Å². The first kappa shape index (κ1) is 30.3. The molecule has 0 spiro atoms. The van der Waals surface area contributed by atoms with E-state index >= 15 is 0 Å². The van der Waals surface area contributed by atoms with Crippen LogP contribution in [0.2, 0.25) is 0 Å². The number of nitrogens with zero attached hydrogens (tertiary/aromatic N) is 5. The van der Waals surface area contributed by atoms with Gasteiger partial charge in [0.15, 0.2) is 23.2 Å². The van der Waals surface area contributed by atoms with Crippen molar-refractivity contribution >= 4 is 31.4 Å². The van der Waals surface area contributed by atoms with Crippen LogP contribution in [0.4, 0.5) is 5.82 Å². The first-order valence-electron chi connectivity index (χ1n) is 15.4. The molecule has 0 saturated carbocycles. The molecule has 1 N–H and O–H groups in total. The van der Waals surface area contributed by atoms with Gasteiger partial charge in [-0.15, -0.1) is 0 Å². The molecule has 2 aromatic heterocycles. The van der Waals surface area contributed by atoms with Crippen LogP contribution in [0.5, 0.6) is 0 Å². The van der Waals surface area contributed by atoms with Gasteiger partial charge in [0.2, 0.25) is 0 Å². The minimum atomic E-state index is -1.34. The number of rotatable bonds is 11. The van der Waals surface area contributed by atoms with Gasteiger partial charge < -0.3 is 28.6 Å². The molecule has 0 radical (unpaired) electrons. The number of amides is 1. The summed E-state index contributed by atoms with van der Waals surface area (Å²) >= 11 is 0. The third-order valence-corrected chi connectivity index (χ3v) is 10.3. The second-order valence-electron chi connectivity index (χ2n) is 11.3. The predicted molar refractivity (Wildman–Crippen MR) is 167 cm³/mol. The van der Waals surface area contributed by atoms with E-state index in [1.165, 1.54) is 11.9 Å². The first-order valence-corrected chi connectivity index (χ1v) is 16.5. The third-order valence-electron chi connectivity index (χ3n) is 8.56. The van der Waals surface area contributed by atoms with Crippen LogP contribution in [0.1, 0.15) is 54.4 Å². The summed E-state index contributed by atoms with van der Waals surface area (Å²) in [7, 11) is 0.305. The lowest BCUT2D eigenvalue weighted by Gasteiger charge is -2.29. The van der Waals surface area contributed by atoms with Crippen LogP contribution in [-0.2, 0) is 23.3 Å². The van der Waals surface area contributed by atoms with Crippen molar-refractivity contribution in [3.63, 3.8) is 0 Å². The van der Waals surface area contributed by atoms with Crippen molar-refractivity contribution in [1.29, 1.82) is 0 Å². The van der Waals surface area contributed by atoms with Gasteiger partial charge in [-0.1, -0.05) is 55.5 Å². The van der Waals surface area contributed by atoms with E-state index in [0.29, 0.717) is 42.2 Å². The van der Waals surface area contributed by atoms with Gasteiger partial charge in [-0.2, -0.15) is 0 Å². The lowest BCUT2D eigenvalue weighted by molar-refractivity contribution is -0.0749. The van der Waals surface area contributed by atoms with Crippen molar-refractivity contribution < 1.29 is 28.1 Å². The largest absolute Gasteiger partial charge is 0.382 e. The summed E-state index contributed by atoms with van der Waals surface area (Å²) in [5, 5.41) is 2.88. The molecule has 4 aromatic rings. The lowest BCUT2D eigenvalue weighted by Crippen LogP contribution is -2.37.